The number of hydrogen-bond acceptors (Lipinski definition) is 3. The van der Waals surface area contributed by atoms with Crippen molar-refractivity contribution >= 4 is 11.8 Å². The highest BCUT2D eigenvalue weighted by molar-refractivity contribution is 7.98. The van der Waals surface area contributed by atoms with Gasteiger partial charge in [0.1, 0.15) is 5.76 Å². The SMILES string of the molecule is Cc1ccc(SCc2cc(=O)[nH]o2)cc1. The molecule has 15 heavy (non-hydrogen) atoms. The molecule has 0 aliphatic rings. The molecule has 0 spiro atoms. The normalized spacial score (nSPS) is 10.5. The first-order valence-electron chi connectivity index (χ1n) is 4.61. The van der Waals surface area contributed by atoms with Crippen LogP contribution < -0.4 is 5.56 Å². The van der Waals surface area contributed by atoms with E-state index in [1.54, 1.807) is 11.8 Å². The zero-order valence-corrected chi connectivity index (χ0v) is 9.14. The van der Waals surface area contributed by atoms with Crippen LogP contribution >= 0.6 is 11.8 Å². The summed E-state index contributed by atoms with van der Waals surface area (Å²) < 4.78 is 4.95. The molecule has 0 bridgehead atoms. The average Bonchev–Trinajstić information content (AvgIpc) is 2.64. The molecule has 0 fully saturated rings. The lowest BCUT2D eigenvalue weighted by atomic mass is 10.2. The molecule has 78 valence electrons. The molecule has 1 aromatic carbocycles. The van der Waals surface area contributed by atoms with Crippen molar-refractivity contribution in [2.45, 2.75) is 17.6 Å². The molecule has 2 rings (SSSR count). The maximum Gasteiger partial charge on any atom is 0.280 e. The quantitative estimate of drug-likeness (QED) is 0.810. The molecule has 0 atom stereocenters. The van der Waals surface area contributed by atoms with Gasteiger partial charge in [0.25, 0.3) is 5.56 Å². The van der Waals surface area contributed by atoms with Crippen molar-refractivity contribution < 1.29 is 4.52 Å². The Balaban J connectivity index is 1.99. The smallest absolute Gasteiger partial charge is 0.280 e. The Hall–Kier alpha value is -1.42. The third-order valence-corrected chi connectivity index (χ3v) is 3.01. The number of thioether (sulfide) groups is 1. The predicted octanol–water partition coefficient (Wildman–Crippen LogP) is 2.57. The van der Waals surface area contributed by atoms with Gasteiger partial charge in [0.15, 0.2) is 0 Å². The van der Waals surface area contributed by atoms with E-state index >= 15 is 0 Å². The lowest BCUT2D eigenvalue weighted by Gasteiger charge is -1.98. The lowest BCUT2D eigenvalue weighted by molar-refractivity contribution is 0.390. The Morgan fingerprint density at radius 3 is 2.67 bits per heavy atom. The van der Waals surface area contributed by atoms with E-state index in [0.29, 0.717) is 11.5 Å². The highest BCUT2D eigenvalue weighted by Crippen LogP contribution is 2.22. The summed E-state index contributed by atoms with van der Waals surface area (Å²) in [5, 5.41) is 2.27. The van der Waals surface area contributed by atoms with Crippen LogP contribution in [0.1, 0.15) is 11.3 Å². The summed E-state index contributed by atoms with van der Waals surface area (Å²) in [7, 11) is 0. The highest BCUT2D eigenvalue weighted by atomic mass is 32.2. The fourth-order valence-corrected chi connectivity index (χ4v) is 1.96. The van der Waals surface area contributed by atoms with Crippen molar-refractivity contribution in [3.8, 4) is 0 Å². The van der Waals surface area contributed by atoms with E-state index in [2.05, 4.69) is 36.3 Å². The van der Waals surface area contributed by atoms with Gasteiger partial charge in [0.05, 0.1) is 5.75 Å². The zero-order valence-electron chi connectivity index (χ0n) is 8.32. The van der Waals surface area contributed by atoms with Gasteiger partial charge < -0.3 is 4.52 Å². The van der Waals surface area contributed by atoms with Gasteiger partial charge in [-0.25, -0.2) is 0 Å². The standard InChI is InChI=1S/C11H11NO2S/c1-8-2-4-10(5-3-8)15-7-9-6-11(13)12-14-9/h2-6H,7H2,1H3,(H,12,13). The molecule has 0 unspecified atom stereocenters. The third-order valence-electron chi connectivity index (χ3n) is 1.98. The molecule has 0 aliphatic carbocycles. The Labute approximate surface area is 91.5 Å². The molecule has 0 amide bonds. The highest BCUT2D eigenvalue weighted by Gasteiger charge is 2.00. The topological polar surface area (TPSA) is 46.0 Å². The zero-order chi connectivity index (χ0) is 10.7. The number of H-pyrrole nitrogens is 1. The number of rotatable bonds is 3. The van der Waals surface area contributed by atoms with Crippen LogP contribution in [0, 0.1) is 6.92 Å². The minimum atomic E-state index is -0.186. The van der Waals surface area contributed by atoms with Gasteiger partial charge in [-0.15, -0.1) is 11.8 Å². The van der Waals surface area contributed by atoms with Crippen LogP contribution in [0.2, 0.25) is 0 Å². The number of aryl methyl sites for hydroxylation is 1. The van der Waals surface area contributed by atoms with Gasteiger partial charge in [-0.2, -0.15) is 5.16 Å². The van der Waals surface area contributed by atoms with E-state index in [0.717, 1.165) is 0 Å². The number of aromatic amines is 1. The van der Waals surface area contributed by atoms with Gasteiger partial charge in [-0.05, 0) is 19.1 Å². The average molecular weight is 221 g/mol. The Kier molecular flexibility index (Phi) is 2.97. The fraction of sp³-hybridized carbons (Fsp3) is 0.182. The number of aromatic nitrogens is 1. The van der Waals surface area contributed by atoms with E-state index in [1.807, 2.05) is 0 Å². The maximum absolute atomic E-state index is 10.8. The van der Waals surface area contributed by atoms with E-state index < -0.39 is 0 Å². The molecule has 2 aromatic rings. The second-order valence-corrected chi connectivity index (χ2v) is 4.33. The fourth-order valence-electron chi connectivity index (χ4n) is 1.18. The predicted molar refractivity (Wildman–Crippen MR) is 60.1 cm³/mol. The number of benzene rings is 1. The van der Waals surface area contributed by atoms with Gasteiger partial charge in [-0.1, -0.05) is 17.7 Å². The first kappa shape index (κ1) is 10.1. The van der Waals surface area contributed by atoms with Crippen molar-refractivity contribution in [2.75, 3.05) is 0 Å². The van der Waals surface area contributed by atoms with E-state index in [9.17, 15) is 4.79 Å². The van der Waals surface area contributed by atoms with Crippen LogP contribution in [-0.2, 0) is 5.75 Å². The summed E-state index contributed by atoms with van der Waals surface area (Å²) in [6.07, 6.45) is 0. The molecule has 0 aliphatic heterocycles. The number of nitrogens with one attached hydrogen (secondary N) is 1. The molecular formula is C11H11NO2S. The molecule has 1 N–H and O–H groups in total. The molecule has 1 aromatic heterocycles. The van der Waals surface area contributed by atoms with Crippen molar-refractivity contribution in [1.82, 2.24) is 5.16 Å². The minimum absolute atomic E-state index is 0.186. The number of hydrogen-bond donors (Lipinski definition) is 1. The Bertz CT molecular complexity index is 484. The second kappa shape index (κ2) is 4.40. The van der Waals surface area contributed by atoms with Crippen molar-refractivity contribution in [3.05, 3.63) is 52.0 Å². The maximum atomic E-state index is 10.8. The first-order valence-corrected chi connectivity index (χ1v) is 5.59. The van der Waals surface area contributed by atoms with Gasteiger partial charge in [-0.3, -0.25) is 4.79 Å². The summed E-state index contributed by atoms with van der Waals surface area (Å²) in [5.41, 5.74) is 1.06. The van der Waals surface area contributed by atoms with Gasteiger partial charge in [0.2, 0.25) is 0 Å². The van der Waals surface area contributed by atoms with Crippen molar-refractivity contribution in [3.63, 3.8) is 0 Å². The summed E-state index contributed by atoms with van der Waals surface area (Å²) >= 11 is 1.64. The molecule has 3 nitrogen and oxygen atoms in total. The minimum Gasteiger partial charge on any atom is -0.383 e. The van der Waals surface area contributed by atoms with Gasteiger partial charge in [0, 0.05) is 11.0 Å². The summed E-state index contributed by atoms with van der Waals surface area (Å²) in [6.45, 7) is 2.06. The molecule has 0 radical (unpaired) electrons. The molecule has 0 saturated heterocycles. The summed E-state index contributed by atoms with van der Waals surface area (Å²) in [4.78, 5) is 12.0. The van der Waals surface area contributed by atoms with Crippen LogP contribution in [0.25, 0.3) is 0 Å². The monoisotopic (exact) mass is 221 g/mol. The van der Waals surface area contributed by atoms with Crippen molar-refractivity contribution in [1.29, 1.82) is 0 Å². The summed E-state index contributed by atoms with van der Waals surface area (Å²) in [5.74, 6) is 1.34. The van der Waals surface area contributed by atoms with E-state index in [-0.39, 0.29) is 5.56 Å². The van der Waals surface area contributed by atoms with Crippen LogP contribution in [0.5, 0.6) is 0 Å². The van der Waals surface area contributed by atoms with Crippen LogP contribution in [0.4, 0.5) is 0 Å². The molecule has 1 heterocycles. The lowest BCUT2D eigenvalue weighted by Crippen LogP contribution is -1.92. The van der Waals surface area contributed by atoms with E-state index in [1.165, 1.54) is 16.5 Å². The van der Waals surface area contributed by atoms with Crippen LogP contribution in [0.3, 0.4) is 0 Å². The Morgan fingerprint density at radius 1 is 1.33 bits per heavy atom. The second-order valence-electron chi connectivity index (χ2n) is 3.28. The van der Waals surface area contributed by atoms with Gasteiger partial charge >= 0.3 is 0 Å². The van der Waals surface area contributed by atoms with Crippen LogP contribution in [0.15, 0.2) is 44.5 Å². The molecule has 4 heteroatoms. The first-order chi connectivity index (χ1) is 7.24. The van der Waals surface area contributed by atoms with Crippen LogP contribution in [-0.4, -0.2) is 5.16 Å². The summed E-state index contributed by atoms with van der Waals surface area (Å²) in [6, 6.07) is 9.72. The molecule has 0 saturated carbocycles. The van der Waals surface area contributed by atoms with Crippen molar-refractivity contribution in [2.24, 2.45) is 0 Å². The molecular weight excluding hydrogens is 210 g/mol. The third kappa shape index (κ3) is 2.76. The Morgan fingerprint density at radius 2 is 2.07 bits per heavy atom. The van der Waals surface area contributed by atoms with E-state index in [4.69, 9.17) is 4.52 Å². The largest absolute Gasteiger partial charge is 0.383 e.